The van der Waals surface area contributed by atoms with Crippen molar-refractivity contribution in [3.63, 3.8) is 0 Å². The number of aromatic nitrogens is 3. The molecule has 0 atom stereocenters. The highest BCUT2D eigenvalue weighted by Gasteiger charge is 2.15. The molecular weight excluding hydrogens is 456 g/mol. The summed E-state index contributed by atoms with van der Waals surface area (Å²) in [4.78, 5) is 14.9. The van der Waals surface area contributed by atoms with Crippen LogP contribution in [0.3, 0.4) is 0 Å². The minimum absolute atomic E-state index is 0.824. The van der Waals surface area contributed by atoms with Gasteiger partial charge in [0, 0.05) is 22.2 Å². The molecule has 0 radical (unpaired) electrons. The first-order chi connectivity index (χ1) is 16.5. The number of thiazole rings is 1. The van der Waals surface area contributed by atoms with Crippen LogP contribution in [0.4, 0.5) is 11.5 Å². The first kappa shape index (κ1) is 21.0. The number of aryl methyl sites for hydroxylation is 3. The molecule has 3 aromatic heterocycles. The fraction of sp³-hybridized carbons (Fsp3) is 0.107. The molecule has 6 rings (SSSR count). The molecule has 4 nitrogen and oxygen atoms in total. The van der Waals surface area contributed by atoms with Crippen molar-refractivity contribution in [1.29, 1.82) is 0 Å². The highest BCUT2D eigenvalue weighted by molar-refractivity contribution is 7.21. The quantitative estimate of drug-likeness (QED) is 0.277. The van der Waals surface area contributed by atoms with Gasteiger partial charge in [0.1, 0.15) is 22.0 Å². The topological polar surface area (TPSA) is 50.7 Å². The Kier molecular flexibility index (Phi) is 5.12. The zero-order valence-electron chi connectivity index (χ0n) is 19.1. The van der Waals surface area contributed by atoms with Crippen LogP contribution in [0.25, 0.3) is 42.1 Å². The van der Waals surface area contributed by atoms with E-state index in [0.717, 1.165) is 37.8 Å². The maximum Gasteiger partial charge on any atom is 0.143 e. The number of rotatable bonds is 4. The van der Waals surface area contributed by atoms with Gasteiger partial charge in [0.25, 0.3) is 0 Å². The summed E-state index contributed by atoms with van der Waals surface area (Å²) >= 11 is 3.38. The van der Waals surface area contributed by atoms with Crippen molar-refractivity contribution in [1.82, 2.24) is 15.0 Å². The number of anilines is 2. The van der Waals surface area contributed by atoms with Crippen LogP contribution < -0.4 is 5.32 Å². The highest BCUT2D eigenvalue weighted by Crippen LogP contribution is 2.39. The van der Waals surface area contributed by atoms with E-state index in [1.54, 1.807) is 29.0 Å². The molecule has 0 spiro atoms. The second kappa shape index (κ2) is 8.31. The molecule has 34 heavy (non-hydrogen) atoms. The van der Waals surface area contributed by atoms with Crippen molar-refractivity contribution in [2.45, 2.75) is 20.8 Å². The summed E-state index contributed by atoms with van der Waals surface area (Å²) in [6, 6.07) is 21.4. The summed E-state index contributed by atoms with van der Waals surface area (Å²) in [6.45, 7) is 6.39. The molecule has 1 N–H and O–H groups in total. The van der Waals surface area contributed by atoms with Crippen molar-refractivity contribution in [3.05, 3.63) is 89.1 Å². The maximum atomic E-state index is 4.81. The van der Waals surface area contributed by atoms with Gasteiger partial charge in [-0.15, -0.1) is 22.7 Å². The molecule has 3 heterocycles. The molecule has 6 heteroatoms. The average Bonchev–Trinajstić information content (AvgIpc) is 3.44. The van der Waals surface area contributed by atoms with Crippen molar-refractivity contribution in [2.75, 3.05) is 5.32 Å². The van der Waals surface area contributed by atoms with Crippen molar-refractivity contribution in [2.24, 2.45) is 0 Å². The molecule has 0 aliphatic carbocycles. The Morgan fingerprint density at radius 3 is 2.41 bits per heavy atom. The SMILES string of the molecule is Cc1ccc(-c2csc3ncnc(Nc4ccc(-c5nc6ccc(C)cc6s5)cc4)c23)c(C)c1. The van der Waals surface area contributed by atoms with Crippen LogP contribution in [0.15, 0.2) is 72.4 Å². The summed E-state index contributed by atoms with van der Waals surface area (Å²) in [5, 5.41) is 7.80. The third kappa shape index (κ3) is 3.75. The van der Waals surface area contributed by atoms with Crippen molar-refractivity contribution >= 4 is 54.6 Å². The van der Waals surface area contributed by atoms with E-state index in [1.165, 1.54) is 32.5 Å². The Hall–Kier alpha value is -3.61. The Bertz CT molecular complexity index is 1660. The molecule has 0 bridgehead atoms. The summed E-state index contributed by atoms with van der Waals surface area (Å²) in [5.74, 6) is 0.824. The molecule has 0 fully saturated rings. The van der Waals surface area contributed by atoms with Gasteiger partial charge in [-0.2, -0.15) is 0 Å². The number of benzene rings is 3. The molecule has 166 valence electrons. The van der Waals surface area contributed by atoms with Gasteiger partial charge >= 0.3 is 0 Å². The lowest BCUT2D eigenvalue weighted by Crippen LogP contribution is -1.96. The van der Waals surface area contributed by atoms with Crippen LogP contribution in [0, 0.1) is 20.8 Å². The van der Waals surface area contributed by atoms with Crippen molar-refractivity contribution < 1.29 is 0 Å². The Morgan fingerprint density at radius 1 is 0.794 bits per heavy atom. The third-order valence-electron chi connectivity index (χ3n) is 5.98. The highest BCUT2D eigenvalue weighted by atomic mass is 32.1. The molecule has 6 aromatic rings. The normalized spacial score (nSPS) is 11.4. The van der Waals surface area contributed by atoms with Crippen molar-refractivity contribution in [3.8, 4) is 21.7 Å². The van der Waals surface area contributed by atoms with Gasteiger partial charge in [-0.1, -0.05) is 29.8 Å². The summed E-state index contributed by atoms with van der Waals surface area (Å²) in [5.41, 5.74) is 9.31. The van der Waals surface area contributed by atoms with E-state index < -0.39 is 0 Å². The largest absolute Gasteiger partial charge is 0.340 e. The van der Waals surface area contributed by atoms with Gasteiger partial charge in [-0.05, 0) is 73.9 Å². The molecule has 0 unspecified atom stereocenters. The summed E-state index contributed by atoms with van der Waals surface area (Å²) in [6.07, 6.45) is 1.63. The number of hydrogen-bond donors (Lipinski definition) is 1. The molecule has 0 saturated carbocycles. The van der Waals surface area contributed by atoms with E-state index in [1.807, 2.05) is 0 Å². The molecule has 0 aliphatic heterocycles. The van der Waals surface area contributed by atoms with Gasteiger partial charge in [0.2, 0.25) is 0 Å². The Balaban J connectivity index is 1.34. The fourth-order valence-electron chi connectivity index (χ4n) is 4.27. The van der Waals surface area contributed by atoms with Gasteiger partial charge in [-0.3, -0.25) is 0 Å². The smallest absolute Gasteiger partial charge is 0.143 e. The van der Waals surface area contributed by atoms with Gasteiger partial charge in [0.15, 0.2) is 0 Å². The molecule has 0 amide bonds. The first-order valence-electron chi connectivity index (χ1n) is 11.1. The summed E-state index contributed by atoms with van der Waals surface area (Å²) in [7, 11) is 0. The van der Waals surface area contributed by atoms with Crippen LogP contribution in [0.2, 0.25) is 0 Å². The van der Waals surface area contributed by atoms with Gasteiger partial charge < -0.3 is 5.32 Å². The van der Waals surface area contributed by atoms with E-state index in [4.69, 9.17) is 4.98 Å². The lowest BCUT2D eigenvalue weighted by Gasteiger charge is -2.10. The number of thiophene rings is 1. The predicted molar refractivity (Wildman–Crippen MR) is 145 cm³/mol. The lowest BCUT2D eigenvalue weighted by atomic mass is 9.99. The van der Waals surface area contributed by atoms with Crippen LogP contribution in [0.5, 0.6) is 0 Å². The number of fused-ring (bicyclic) bond motifs is 2. The van der Waals surface area contributed by atoms with Crippen LogP contribution in [-0.2, 0) is 0 Å². The second-order valence-corrected chi connectivity index (χ2v) is 10.5. The summed E-state index contributed by atoms with van der Waals surface area (Å²) < 4.78 is 1.22. The monoisotopic (exact) mass is 478 g/mol. The number of nitrogens with zero attached hydrogens (tertiary/aromatic N) is 3. The predicted octanol–water partition coefficient (Wildman–Crippen LogP) is 8.30. The van der Waals surface area contributed by atoms with E-state index in [2.05, 4.69) is 102 Å². The van der Waals surface area contributed by atoms with Crippen LogP contribution >= 0.6 is 22.7 Å². The van der Waals surface area contributed by atoms with E-state index in [0.29, 0.717) is 0 Å². The third-order valence-corrected chi connectivity index (χ3v) is 7.93. The van der Waals surface area contributed by atoms with Crippen LogP contribution in [0.1, 0.15) is 16.7 Å². The maximum absolute atomic E-state index is 4.81. The first-order valence-corrected chi connectivity index (χ1v) is 12.8. The Labute approximate surface area is 206 Å². The molecule has 0 aliphatic rings. The average molecular weight is 479 g/mol. The van der Waals surface area contributed by atoms with Gasteiger partial charge in [0.05, 0.1) is 15.6 Å². The zero-order chi connectivity index (χ0) is 23.2. The standard InChI is InChI=1S/C28H22N4S2/c1-16-4-10-21(18(3)12-16)22-14-33-28-25(22)26(29-15-30-28)31-20-8-6-19(7-9-20)27-32-23-11-5-17(2)13-24(23)34-27/h4-15H,1-3H3,(H,29,30,31). The lowest BCUT2D eigenvalue weighted by molar-refractivity contribution is 1.23. The van der Waals surface area contributed by atoms with Crippen LogP contribution in [-0.4, -0.2) is 15.0 Å². The van der Waals surface area contributed by atoms with E-state index in [9.17, 15) is 0 Å². The number of nitrogens with one attached hydrogen (secondary N) is 1. The number of hydrogen-bond acceptors (Lipinski definition) is 6. The molecular formula is C28H22N4S2. The van der Waals surface area contributed by atoms with Gasteiger partial charge in [-0.25, -0.2) is 15.0 Å². The fourth-order valence-corrected chi connectivity index (χ4v) is 6.25. The minimum Gasteiger partial charge on any atom is -0.340 e. The van der Waals surface area contributed by atoms with E-state index >= 15 is 0 Å². The minimum atomic E-state index is 0.824. The molecule has 3 aromatic carbocycles. The second-order valence-electron chi connectivity index (χ2n) is 8.56. The zero-order valence-corrected chi connectivity index (χ0v) is 20.7. The molecule has 0 saturated heterocycles. The van der Waals surface area contributed by atoms with E-state index in [-0.39, 0.29) is 0 Å². The Morgan fingerprint density at radius 2 is 1.59 bits per heavy atom.